The summed E-state index contributed by atoms with van der Waals surface area (Å²) in [6.07, 6.45) is -8.90. The van der Waals surface area contributed by atoms with Crippen molar-refractivity contribution in [3.8, 4) is 0 Å². The number of hydrogen-bond acceptors (Lipinski definition) is 10. The molecule has 0 aromatic carbocycles. The van der Waals surface area contributed by atoms with E-state index in [4.69, 9.17) is 30.5 Å². The standard InChI is InChI=1S/C17H16ClF3N4O7/c1-6(26)29-4-9-11(30-7(2)27)12(31-8(3)28)15(32-9)25-5-22-10-13(18)23-16(17(19,20)21)24-14(10)25/h5,9,11-12,15H,4H2,1-3H3/t9-,11?,12?,15-/m1/s1. The van der Waals surface area contributed by atoms with Crippen LogP contribution in [0, 0.1) is 0 Å². The number of ether oxygens (including phenoxy) is 4. The summed E-state index contributed by atoms with van der Waals surface area (Å²) in [5, 5.41) is -0.559. The lowest BCUT2D eigenvalue weighted by molar-refractivity contribution is -0.166. The average molecular weight is 481 g/mol. The highest BCUT2D eigenvalue weighted by atomic mass is 35.5. The van der Waals surface area contributed by atoms with Gasteiger partial charge in [0.1, 0.15) is 18.2 Å². The molecule has 0 aliphatic carbocycles. The molecule has 0 bridgehead atoms. The second-order valence-electron chi connectivity index (χ2n) is 6.68. The largest absolute Gasteiger partial charge is 0.463 e. The van der Waals surface area contributed by atoms with Crippen LogP contribution in [-0.4, -0.2) is 62.3 Å². The van der Waals surface area contributed by atoms with Crippen molar-refractivity contribution in [1.29, 1.82) is 0 Å². The molecular formula is C17H16ClF3N4O7. The van der Waals surface area contributed by atoms with Crippen molar-refractivity contribution < 1.29 is 46.5 Å². The summed E-state index contributed by atoms with van der Waals surface area (Å²) < 4.78 is 61.7. The molecule has 3 rings (SSSR count). The fraction of sp³-hybridized carbons (Fsp3) is 0.529. The first-order chi connectivity index (χ1) is 14.9. The van der Waals surface area contributed by atoms with Gasteiger partial charge in [0.15, 0.2) is 29.2 Å². The van der Waals surface area contributed by atoms with Gasteiger partial charge in [0.05, 0.1) is 6.33 Å². The first-order valence-electron chi connectivity index (χ1n) is 8.99. The molecule has 0 N–H and O–H groups in total. The molecule has 0 spiro atoms. The normalized spacial score (nSPS) is 23.2. The number of alkyl halides is 3. The molecule has 11 nitrogen and oxygen atoms in total. The van der Waals surface area contributed by atoms with Crippen LogP contribution < -0.4 is 0 Å². The van der Waals surface area contributed by atoms with E-state index in [-0.39, 0.29) is 11.2 Å². The van der Waals surface area contributed by atoms with E-state index in [1.165, 1.54) is 0 Å². The minimum absolute atomic E-state index is 0.169. The highest BCUT2D eigenvalue weighted by Gasteiger charge is 2.51. The van der Waals surface area contributed by atoms with Gasteiger partial charge in [0, 0.05) is 20.8 Å². The molecule has 15 heteroatoms. The van der Waals surface area contributed by atoms with Crippen LogP contribution in [0.25, 0.3) is 11.2 Å². The summed E-state index contributed by atoms with van der Waals surface area (Å²) in [7, 11) is 0. The van der Waals surface area contributed by atoms with E-state index in [1.807, 2.05) is 0 Å². The predicted octanol–water partition coefficient (Wildman–Crippen LogP) is 1.82. The van der Waals surface area contributed by atoms with Crippen molar-refractivity contribution in [3.05, 3.63) is 17.3 Å². The summed E-state index contributed by atoms with van der Waals surface area (Å²) in [5.74, 6) is -3.73. The van der Waals surface area contributed by atoms with Gasteiger partial charge in [0.2, 0.25) is 5.82 Å². The van der Waals surface area contributed by atoms with E-state index in [2.05, 4.69) is 15.0 Å². The molecule has 2 unspecified atom stereocenters. The average Bonchev–Trinajstić information content (AvgIpc) is 3.21. The number of imidazole rings is 1. The third-order valence-corrected chi connectivity index (χ3v) is 4.51. The lowest BCUT2D eigenvalue weighted by Crippen LogP contribution is -2.40. The number of rotatable bonds is 5. The first-order valence-corrected chi connectivity index (χ1v) is 9.36. The summed E-state index contributed by atoms with van der Waals surface area (Å²) in [4.78, 5) is 45.1. The molecule has 2 aromatic heterocycles. The Labute approximate surface area is 182 Å². The highest BCUT2D eigenvalue weighted by Crippen LogP contribution is 2.37. The Kier molecular flexibility index (Phi) is 6.55. The van der Waals surface area contributed by atoms with Crippen LogP contribution >= 0.6 is 11.6 Å². The van der Waals surface area contributed by atoms with Crippen LogP contribution in [0.3, 0.4) is 0 Å². The lowest BCUT2D eigenvalue weighted by atomic mass is 10.1. The number of carbonyl (C=O) groups is 3. The number of fused-ring (bicyclic) bond motifs is 1. The molecule has 32 heavy (non-hydrogen) atoms. The van der Waals surface area contributed by atoms with Crippen LogP contribution in [0.1, 0.15) is 32.8 Å². The maximum atomic E-state index is 13.2. The number of hydrogen-bond donors (Lipinski definition) is 0. The van der Waals surface area contributed by atoms with Crippen molar-refractivity contribution in [2.24, 2.45) is 0 Å². The second kappa shape index (κ2) is 8.86. The minimum atomic E-state index is -4.91. The maximum Gasteiger partial charge on any atom is 0.451 e. The minimum Gasteiger partial charge on any atom is -0.463 e. The molecular weight excluding hydrogens is 465 g/mol. The third kappa shape index (κ3) is 4.91. The Bertz CT molecular complexity index is 1060. The molecule has 174 valence electrons. The van der Waals surface area contributed by atoms with Crippen LogP contribution in [0.15, 0.2) is 6.33 Å². The second-order valence-corrected chi connectivity index (χ2v) is 7.03. The Morgan fingerprint density at radius 2 is 1.72 bits per heavy atom. The molecule has 1 aliphatic heterocycles. The van der Waals surface area contributed by atoms with Crippen molar-refractivity contribution in [3.63, 3.8) is 0 Å². The number of esters is 3. The summed E-state index contributed by atoms with van der Waals surface area (Å²) in [6.45, 7) is 2.92. The number of aromatic nitrogens is 4. The number of halogens is 4. The van der Waals surface area contributed by atoms with Gasteiger partial charge in [-0.05, 0) is 0 Å². The fourth-order valence-corrected chi connectivity index (χ4v) is 3.33. The van der Waals surface area contributed by atoms with Crippen molar-refractivity contribution in [2.45, 2.75) is 51.5 Å². The zero-order valence-corrected chi connectivity index (χ0v) is 17.5. The summed E-state index contributed by atoms with van der Waals surface area (Å²) >= 11 is 5.84. The summed E-state index contributed by atoms with van der Waals surface area (Å²) in [5.41, 5.74) is -0.536. The monoisotopic (exact) mass is 480 g/mol. The molecule has 0 saturated carbocycles. The van der Waals surface area contributed by atoms with Gasteiger partial charge in [-0.2, -0.15) is 13.2 Å². The molecule has 0 radical (unpaired) electrons. The SMILES string of the molecule is CC(=O)OC[C@H]1O[C@@H](n2cnc3c(Cl)nc(C(F)(F)F)nc32)C(OC(C)=O)C1OC(C)=O. The van der Waals surface area contributed by atoms with Crippen LogP contribution in [0.2, 0.25) is 5.15 Å². The quantitative estimate of drug-likeness (QED) is 0.354. The molecule has 1 fully saturated rings. The summed E-state index contributed by atoms with van der Waals surface area (Å²) in [6, 6.07) is 0. The van der Waals surface area contributed by atoms with E-state index in [1.54, 1.807) is 0 Å². The fourth-order valence-electron chi connectivity index (χ4n) is 3.11. The molecule has 2 aromatic rings. The van der Waals surface area contributed by atoms with E-state index in [0.717, 1.165) is 31.7 Å². The van der Waals surface area contributed by atoms with Gasteiger partial charge in [0.25, 0.3) is 0 Å². The Morgan fingerprint density at radius 1 is 1.09 bits per heavy atom. The van der Waals surface area contributed by atoms with Gasteiger partial charge in [-0.1, -0.05) is 11.6 Å². The van der Waals surface area contributed by atoms with E-state index in [0.29, 0.717) is 0 Å². The Balaban J connectivity index is 2.09. The Hall–Kier alpha value is -3.00. The molecule has 1 aliphatic rings. The van der Waals surface area contributed by atoms with Gasteiger partial charge in [-0.15, -0.1) is 0 Å². The van der Waals surface area contributed by atoms with Crippen molar-refractivity contribution in [1.82, 2.24) is 19.5 Å². The van der Waals surface area contributed by atoms with Crippen LogP contribution in [-0.2, 0) is 39.5 Å². The van der Waals surface area contributed by atoms with E-state index < -0.39 is 66.2 Å². The van der Waals surface area contributed by atoms with E-state index in [9.17, 15) is 27.6 Å². The van der Waals surface area contributed by atoms with Crippen LogP contribution in [0.4, 0.5) is 13.2 Å². The van der Waals surface area contributed by atoms with E-state index >= 15 is 0 Å². The van der Waals surface area contributed by atoms with Crippen molar-refractivity contribution in [2.75, 3.05) is 6.61 Å². The third-order valence-electron chi connectivity index (χ3n) is 4.25. The topological polar surface area (TPSA) is 132 Å². The smallest absolute Gasteiger partial charge is 0.451 e. The molecule has 1 saturated heterocycles. The predicted molar refractivity (Wildman–Crippen MR) is 97.0 cm³/mol. The van der Waals surface area contributed by atoms with Gasteiger partial charge in [-0.25, -0.2) is 15.0 Å². The zero-order chi connectivity index (χ0) is 23.8. The highest BCUT2D eigenvalue weighted by molar-refractivity contribution is 6.33. The van der Waals surface area contributed by atoms with Gasteiger partial charge >= 0.3 is 24.1 Å². The molecule has 3 heterocycles. The first kappa shape index (κ1) is 23.7. The molecule has 4 atom stereocenters. The number of carbonyl (C=O) groups excluding carboxylic acids is 3. The maximum absolute atomic E-state index is 13.2. The lowest BCUT2D eigenvalue weighted by Gasteiger charge is -2.23. The van der Waals surface area contributed by atoms with Gasteiger partial charge < -0.3 is 18.9 Å². The Morgan fingerprint density at radius 3 is 2.28 bits per heavy atom. The molecule has 0 amide bonds. The number of nitrogens with zero attached hydrogens (tertiary/aromatic N) is 4. The van der Waals surface area contributed by atoms with Crippen molar-refractivity contribution >= 4 is 40.7 Å². The van der Waals surface area contributed by atoms with Gasteiger partial charge in [-0.3, -0.25) is 19.0 Å². The van der Waals surface area contributed by atoms with Crippen LogP contribution in [0.5, 0.6) is 0 Å². The zero-order valence-electron chi connectivity index (χ0n) is 16.8.